The highest BCUT2D eigenvalue weighted by molar-refractivity contribution is 14.0. The second-order valence-electron chi connectivity index (χ2n) is 7.39. The van der Waals surface area contributed by atoms with Crippen LogP contribution >= 0.6 is 24.0 Å². The van der Waals surface area contributed by atoms with Gasteiger partial charge in [-0.25, -0.2) is 0 Å². The SMILES string of the molecule is CCn1cnnc1CNC(=NC)NC1CC2(CCCC2)Oc2ccccc21.I. The number of aryl methyl sites for hydroxylation is 1. The van der Waals surface area contributed by atoms with Crippen LogP contribution < -0.4 is 15.4 Å². The van der Waals surface area contributed by atoms with Gasteiger partial charge in [0.25, 0.3) is 0 Å². The quantitative estimate of drug-likeness (QED) is 0.386. The molecule has 0 amide bonds. The summed E-state index contributed by atoms with van der Waals surface area (Å²) < 4.78 is 8.48. The highest BCUT2D eigenvalue weighted by Crippen LogP contribution is 2.46. The third-order valence-corrected chi connectivity index (χ3v) is 5.70. The molecule has 0 saturated heterocycles. The zero-order valence-electron chi connectivity index (χ0n) is 16.5. The van der Waals surface area contributed by atoms with E-state index < -0.39 is 0 Å². The van der Waals surface area contributed by atoms with Crippen LogP contribution in [-0.2, 0) is 13.1 Å². The van der Waals surface area contributed by atoms with E-state index in [0.29, 0.717) is 6.54 Å². The predicted molar refractivity (Wildman–Crippen MR) is 120 cm³/mol. The Kier molecular flexibility index (Phi) is 6.79. The molecule has 2 aliphatic rings. The topological polar surface area (TPSA) is 76.4 Å². The fourth-order valence-corrected chi connectivity index (χ4v) is 4.27. The standard InChI is InChI=1S/C20H28N6O.HI/c1-3-26-14-23-25-18(26)13-22-19(21-2)24-16-12-20(10-6-7-11-20)27-17-9-5-4-8-15(16)17;/h4-5,8-9,14,16H,3,6-7,10-13H2,1-2H3,(H2,21,22,24);1H. The molecule has 152 valence electrons. The first-order valence-electron chi connectivity index (χ1n) is 9.85. The number of nitrogens with zero attached hydrogens (tertiary/aromatic N) is 4. The minimum absolute atomic E-state index is 0. The van der Waals surface area contributed by atoms with Gasteiger partial charge in [0.05, 0.1) is 12.6 Å². The molecule has 28 heavy (non-hydrogen) atoms. The lowest BCUT2D eigenvalue weighted by molar-refractivity contribution is 0.0396. The number of aromatic nitrogens is 3. The van der Waals surface area contributed by atoms with Gasteiger partial charge in [0.1, 0.15) is 17.7 Å². The van der Waals surface area contributed by atoms with Crippen molar-refractivity contribution in [2.75, 3.05) is 7.05 Å². The molecule has 1 unspecified atom stereocenters. The summed E-state index contributed by atoms with van der Waals surface area (Å²) in [4.78, 5) is 4.42. The number of para-hydroxylation sites is 1. The number of rotatable bonds is 4. The Morgan fingerprint density at radius 2 is 2.11 bits per heavy atom. The van der Waals surface area contributed by atoms with Crippen LogP contribution in [0.1, 0.15) is 56.5 Å². The van der Waals surface area contributed by atoms with Crippen molar-refractivity contribution in [2.45, 2.75) is 63.8 Å². The molecule has 4 rings (SSSR count). The second-order valence-corrected chi connectivity index (χ2v) is 7.39. The molecule has 0 bridgehead atoms. The lowest BCUT2D eigenvalue weighted by Crippen LogP contribution is -2.46. The monoisotopic (exact) mass is 496 g/mol. The summed E-state index contributed by atoms with van der Waals surface area (Å²) in [5.41, 5.74) is 1.17. The Labute approximate surface area is 183 Å². The van der Waals surface area contributed by atoms with Crippen molar-refractivity contribution in [1.82, 2.24) is 25.4 Å². The summed E-state index contributed by atoms with van der Waals surface area (Å²) in [6.07, 6.45) is 7.47. The van der Waals surface area contributed by atoms with E-state index in [9.17, 15) is 0 Å². The van der Waals surface area contributed by atoms with E-state index in [1.807, 2.05) is 4.57 Å². The molecule has 8 heteroatoms. The van der Waals surface area contributed by atoms with E-state index >= 15 is 0 Å². The summed E-state index contributed by atoms with van der Waals surface area (Å²) in [7, 11) is 1.80. The van der Waals surface area contributed by atoms with Crippen molar-refractivity contribution in [3.63, 3.8) is 0 Å². The largest absolute Gasteiger partial charge is 0.487 e. The lowest BCUT2D eigenvalue weighted by atomic mass is 9.86. The van der Waals surface area contributed by atoms with Gasteiger partial charge in [-0.15, -0.1) is 34.2 Å². The number of nitrogens with one attached hydrogen (secondary N) is 2. The number of aliphatic imine (C=N–C) groups is 1. The summed E-state index contributed by atoms with van der Waals surface area (Å²) in [5, 5.41) is 15.2. The molecule has 1 aromatic heterocycles. The summed E-state index contributed by atoms with van der Waals surface area (Å²) >= 11 is 0. The summed E-state index contributed by atoms with van der Waals surface area (Å²) in [6, 6.07) is 8.54. The van der Waals surface area contributed by atoms with Gasteiger partial charge >= 0.3 is 0 Å². The van der Waals surface area contributed by atoms with Gasteiger partial charge in [-0.2, -0.15) is 0 Å². The van der Waals surface area contributed by atoms with Crippen LogP contribution in [0, 0.1) is 0 Å². The average Bonchev–Trinajstić information content (AvgIpc) is 3.34. The third kappa shape index (κ3) is 4.26. The average molecular weight is 496 g/mol. The molecule has 1 fully saturated rings. The number of fused-ring (bicyclic) bond motifs is 1. The first-order chi connectivity index (χ1) is 13.2. The fourth-order valence-electron chi connectivity index (χ4n) is 4.27. The highest BCUT2D eigenvalue weighted by atomic mass is 127. The van der Waals surface area contributed by atoms with Crippen LogP contribution in [0.2, 0.25) is 0 Å². The number of ether oxygens (including phenoxy) is 1. The third-order valence-electron chi connectivity index (χ3n) is 5.70. The maximum Gasteiger partial charge on any atom is 0.191 e. The van der Waals surface area contributed by atoms with Crippen molar-refractivity contribution in [2.24, 2.45) is 4.99 Å². The number of guanidine groups is 1. The smallest absolute Gasteiger partial charge is 0.191 e. The summed E-state index contributed by atoms with van der Waals surface area (Å²) in [6.45, 7) is 3.52. The molecule has 2 aromatic rings. The zero-order valence-corrected chi connectivity index (χ0v) is 18.8. The Morgan fingerprint density at radius 3 is 2.86 bits per heavy atom. The van der Waals surface area contributed by atoms with E-state index in [0.717, 1.165) is 43.3 Å². The Hall–Kier alpha value is -1.84. The van der Waals surface area contributed by atoms with Crippen LogP contribution in [0.25, 0.3) is 0 Å². The normalized spacial score (nSPS) is 20.2. The predicted octanol–water partition coefficient (Wildman–Crippen LogP) is 3.42. The molecular weight excluding hydrogens is 467 g/mol. The molecule has 1 spiro atoms. The van der Waals surface area contributed by atoms with Gasteiger partial charge < -0.3 is 19.9 Å². The minimum Gasteiger partial charge on any atom is -0.487 e. The van der Waals surface area contributed by atoms with Gasteiger partial charge in [-0.05, 0) is 38.7 Å². The zero-order chi connectivity index (χ0) is 18.7. The molecule has 1 aliphatic carbocycles. The minimum atomic E-state index is -0.0345. The fraction of sp³-hybridized carbons (Fsp3) is 0.550. The van der Waals surface area contributed by atoms with E-state index in [1.54, 1.807) is 13.4 Å². The second kappa shape index (κ2) is 9.11. The van der Waals surface area contributed by atoms with Gasteiger partial charge in [0.2, 0.25) is 0 Å². The van der Waals surface area contributed by atoms with E-state index in [-0.39, 0.29) is 35.6 Å². The molecule has 7 nitrogen and oxygen atoms in total. The summed E-state index contributed by atoms with van der Waals surface area (Å²) in [5.74, 6) is 2.68. The Morgan fingerprint density at radius 1 is 1.32 bits per heavy atom. The maximum absolute atomic E-state index is 6.45. The first-order valence-corrected chi connectivity index (χ1v) is 9.85. The lowest BCUT2D eigenvalue weighted by Gasteiger charge is -2.40. The van der Waals surface area contributed by atoms with Gasteiger partial charge in [-0.3, -0.25) is 4.99 Å². The van der Waals surface area contributed by atoms with Crippen LogP contribution in [-0.4, -0.2) is 33.4 Å². The van der Waals surface area contributed by atoms with Crippen molar-refractivity contribution in [3.05, 3.63) is 42.0 Å². The highest BCUT2D eigenvalue weighted by Gasteiger charge is 2.43. The molecule has 1 atom stereocenters. The van der Waals surface area contributed by atoms with Crippen molar-refractivity contribution in [3.8, 4) is 5.75 Å². The van der Waals surface area contributed by atoms with Crippen molar-refractivity contribution < 1.29 is 4.74 Å². The molecule has 1 aliphatic heterocycles. The van der Waals surface area contributed by atoms with Crippen molar-refractivity contribution >= 4 is 29.9 Å². The van der Waals surface area contributed by atoms with E-state index in [2.05, 4.69) is 57.0 Å². The van der Waals surface area contributed by atoms with Gasteiger partial charge in [-0.1, -0.05) is 18.2 Å². The molecule has 1 aromatic carbocycles. The number of halogens is 1. The first kappa shape index (κ1) is 20.9. The van der Waals surface area contributed by atoms with Crippen LogP contribution in [0.4, 0.5) is 0 Å². The Balaban J connectivity index is 0.00000225. The molecule has 2 heterocycles. The molecule has 1 saturated carbocycles. The number of benzene rings is 1. The van der Waals surface area contributed by atoms with Gasteiger partial charge in [0.15, 0.2) is 11.8 Å². The van der Waals surface area contributed by atoms with Crippen molar-refractivity contribution in [1.29, 1.82) is 0 Å². The number of hydrogen-bond donors (Lipinski definition) is 2. The molecule has 0 radical (unpaired) electrons. The van der Waals surface area contributed by atoms with Gasteiger partial charge in [0, 0.05) is 25.6 Å². The van der Waals surface area contributed by atoms with Crippen LogP contribution in [0.5, 0.6) is 5.75 Å². The number of hydrogen-bond acceptors (Lipinski definition) is 4. The van der Waals surface area contributed by atoms with E-state index in [1.165, 1.54) is 18.4 Å². The van der Waals surface area contributed by atoms with Crippen LogP contribution in [0.15, 0.2) is 35.6 Å². The maximum atomic E-state index is 6.45. The molecule has 2 N–H and O–H groups in total. The van der Waals surface area contributed by atoms with Crippen LogP contribution in [0.3, 0.4) is 0 Å². The Bertz CT molecular complexity index is 815. The molecular formula is C20H29IN6O. The van der Waals surface area contributed by atoms with E-state index in [4.69, 9.17) is 4.74 Å².